The average molecular weight is 293 g/mol. The van der Waals surface area contributed by atoms with E-state index in [1.165, 1.54) is 6.33 Å². The second-order valence-electron chi connectivity index (χ2n) is 4.11. The third-order valence-corrected chi connectivity index (χ3v) is 3.14. The van der Waals surface area contributed by atoms with Gasteiger partial charge in [-0.3, -0.25) is 0 Å². The first-order valence-corrected chi connectivity index (χ1v) is 6.42. The number of hydrogen-bond donors (Lipinski definition) is 1. The number of nitrogens with zero attached hydrogens (tertiary/aromatic N) is 3. The molecule has 0 radical (unpaired) electrons. The van der Waals surface area contributed by atoms with E-state index in [1.54, 1.807) is 6.20 Å². The van der Waals surface area contributed by atoms with Crippen LogP contribution in [0.2, 0.25) is 5.02 Å². The predicted molar refractivity (Wildman–Crippen MR) is 81.5 cm³/mol. The minimum Gasteiger partial charge on any atom is -0.389 e. The standard InChI is InChI=1S/C13H13ClN4S/c1-18(13-11(14)6-16-8-17-13)7-9-3-2-4-10(5-9)12(15)19/h2-6,8H,7H2,1H3,(H2,15,19). The van der Waals surface area contributed by atoms with Crippen molar-refractivity contribution < 1.29 is 0 Å². The summed E-state index contributed by atoms with van der Waals surface area (Å²) >= 11 is 11.0. The maximum atomic E-state index is 6.06. The summed E-state index contributed by atoms with van der Waals surface area (Å²) in [5.74, 6) is 0.692. The smallest absolute Gasteiger partial charge is 0.150 e. The van der Waals surface area contributed by atoms with Crippen molar-refractivity contribution in [1.29, 1.82) is 0 Å². The number of halogens is 1. The van der Waals surface area contributed by atoms with Crippen molar-refractivity contribution >= 4 is 34.6 Å². The van der Waals surface area contributed by atoms with Gasteiger partial charge >= 0.3 is 0 Å². The first kappa shape index (κ1) is 13.7. The van der Waals surface area contributed by atoms with E-state index in [2.05, 4.69) is 9.97 Å². The van der Waals surface area contributed by atoms with E-state index in [-0.39, 0.29) is 0 Å². The zero-order valence-corrected chi connectivity index (χ0v) is 11.9. The van der Waals surface area contributed by atoms with E-state index in [0.29, 0.717) is 22.4 Å². The Kier molecular flexibility index (Phi) is 4.29. The van der Waals surface area contributed by atoms with Crippen LogP contribution in [0.5, 0.6) is 0 Å². The highest BCUT2D eigenvalue weighted by Crippen LogP contribution is 2.21. The normalized spacial score (nSPS) is 10.2. The molecule has 0 aliphatic heterocycles. The molecular formula is C13H13ClN4S. The summed E-state index contributed by atoms with van der Waals surface area (Å²) in [6, 6.07) is 7.80. The largest absolute Gasteiger partial charge is 0.389 e. The number of hydrogen-bond acceptors (Lipinski definition) is 4. The minimum atomic E-state index is 0.393. The summed E-state index contributed by atoms with van der Waals surface area (Å²) in [5, 5.41) is 0.524. The summed E-state index contributed by atoms with van der Waals surface area (Å²) in [5.41, 5.74) is 7.57. The maximum Gasteiger partial charge on any atom is 0.150 e. The zero-order chi connectivity index (χ0) is 13.8. The molecule has 6 heteroatoms. The van der Waals surface area contributed by atoms with Crippen LogP contribution < -0.4 is 10.6 Å². The predicted octanol–water partition coefficient (Wildman–Crippen LogP) is 2.40. The van der Waals surface area contributed by atoms with E-state index in [9.17, 15) is 0 Å². The van der Waals surface area contributed by atoms with Gasteiger partial charge in [0.05, 0.1) is 6.20 Å². The van der Waals surface area contributed by atoms with Crippen LogP contribution in [-0.2, 0) is 6.54 Å². The van der Waals surface area contributed by atoms with E-state index >= 15 is 0 Å². The zero-order valence-electron chi connectivity index (χ0n) is 10.4. The molecule has 1 aromatic heterocycles. The van der Waals surface area contributed by atoms with Crippen LogP contribution in [0.3, 0.4) is 0 Å². The molecule has 19 heavy (non-hydrogen) atoms. The third kappa shape index (κ3) is 3.39. The molecule has 0 amide bonds. The van der Waals surface area contributed by atoms with Crippen molar-refractivity contribution in [3.8, 4) is 0 Å². The Morgan fingerprint density at radius 2 is 2.26 bits per heavy atom. The van der Waals surface area contributed by atoms with Gasteiger partial charge in [-0.25, -0.2) is 9.97 Å². The molecule has 0 unspecified atom stereocenters. The van der Waals surface area contributed by atoms with Crippen molar-refractivity contribution in [3.63, 3.8) is 0 Å². The molecule has 4 nitrogen and oxygen atoms in total. The molecule has 2 N–H and O–H groups in total. The van der Waals surface area contributed by atoms with Crippen molar-refractivity contribution in [3.05, 3.63) is 52.9 Å². The van der Waals surface area contributed by atoms with Gasteiger partial charge in [0.25, 0.3) is 0 Å². The fourth-order valence-corrected chi connectivity index (χ4v) is 2.14. The molecule has 0 aliphatic rings. The van der Waals surface area contributed by atoms with Gasteiger partial charge in [0.1, 0.15) is 16.3 Å². The summed E-state index contributed by atoms with van der Waals surface area (Å²) in [6.45, 7) is 0.660. The Morgan fingerprint density at radius 1 is 1.47 bits per heavy atom. The summed E-state index contributed by atoms with van der Waals surface area (Å²) in [6.07, 6.45) is 3.05. The lowest BCUT2D eigenvalue weighted by Crippen LogP contribution is -2.19. The lowest BCUT2D eigenvalue weighted by molar-refractivity contribution is 0.891. The van der Waals surface area contributed by atoms with Gasteiger partial charge in [-0.15, -0.1) is 0 Å². The Bertz CT molecular complexity index is 603. The number of aromatic nitrogens is 2. The molecule has 0 bridgehead atoms. The Hall–Kier alpha value is -1.72. The molecule has 0 aliphatic carbocycles. The Labute approximate surface area is 122 Å². The van der Waals surface area contributed by atoms with Crippen LogP contribution in [0.15, 0.2) is 36.8 Å². The second kappa shape index (κ2) is 5.95. The average Bonchev–Trinajstić information content (AvgIpc) is 2.39. The number of nitrogens with two attached hydrogens (primary N) is 1. The quantitative estimate of drug-likeness (QED) is 0.877. The molecule has 0 saturated heterocycles. The monoisotopic (exact) mass is 292 g/mol. The highest BCUT2D eigenvalue weighted by molar-refractivity contribution is 7.80. The lowest BCUT2D eigenvalue weighted by atomic mass is 10.1. The summed E-state index contributed by atoms with van der Waals surface area (Å²) in [7, 11) is 1.92. The first-order valence-electron chi connectivity index (χ1n) is 5.63. The van der Waals surface area contributed by atoms with Gasteiger partial charge in [-0.2, -0.15) is 0 Å². The second-order valence-corrected chi connectivity index (χ2v) is 4.96. The van der Waals surface area contributed by atoms with Crippen LogP contribution in [0.4, 0.5) is 5.82 Å². The molecule has 2 rings (SSSR count). The molecule has 0 spiro atoms. The highest BCUT2D eigenvalue weighted by Gasteiger charge is 2.08. The van der Waals surface area contributed by atoms with E-state index in [4.69, 9.17) is 29.6 Å². The number of anilines is 1. The van der Waals surface area contributed by atoms with Gasteiger partial charge in [0, 0.05) is 19.2 Å². The molecule has 0 atom stereocenters. The molecule has 1 heterocycles. The van der Waals surface area contributed by atoms with E-state index in [1.807, 2.05) is 36.2 Å². The van der Waals surface area contributed by atoms with Crippen LogP contribution >= 0.6 is 23.8 Å². The number of rotatable bonds is 4. The first-order chi connectivity index (χ1) is 9.08. The van der Waals surface area contributed by atoms with Crippen LogP contribution in [0, 0.1) is 0 Å². The topological polar surface area (TPSA) is 55.0 Å². The van der Waals surface area contributed by atoms with Crippen molar-refractivity contribution in [1.82, 2.24) is 9.97 Å². The number of thiocarbonyl (C=S) groups is 1. The van der Waals surface area contributed by atoms with Gasteiger partial charge in [0.2, 0.25) is 0 Å². The molecule has 0 saturated carbocycles. The maximum absolute atomic E-state index is 6.06. The van der Waals surface area contributed by atoms with Crippen molar-refractivity contribution in [2.45, 2.75) is 6.54 Å². The van der Waals surface area contributed by atoms with Gasteiger partial charge < -0.3 is 10.6 Å². The highest BCUT2D eigenvalue weighted by atomic mass is 35.5. The van der Waals surface area contributed by atoms with Gasteiger partial charge in [-0.05, 0) is 11.6 Å². The van der Waals surface area contributed by atoms with Gasteiger partial charge in [-0.1, -0.05) is 42.0 Å². The molecule has 0 fully saturated rings. The molecule has 98 valence electrons. The molecule has 1 aromatic carbocycles. The van der Waals surface area contributed by atoms with Gasteiger partial charge in [0.15, 0.2) is 5.82 Å². The van der Waals surface area contributed by atoms with Crippen LogP contribution in [0.1, 0.15) is 11.1 Å². The summed E-state index contributed by atoms with van der Waals surface area (Å²) in [4.78, 5) is 10.4. The fourth-order valence-electron chi connectivity index (χ4n) is 1.76. The van der Waals surface area contributed by atoms with Crippen molar-refractivity contribution in [2.75, 3.05) is 11.9 Å². The van der Waals surface area contributed by atoms with Crippen LogP contribution in [-0.4, -0.2) is 22.0 Å². The van der Waals surface area contributed by atoms with E-state index in [0.717, 1.165) is 11.1 Å². The molecule has 2 aromatic rings. The van der Waals surface area contributed by atoms with Crippen LogP contribution in [0.25, 0.3) is 0 Å². The van der Waals surface area contributed by atoms with Crippen molar-refractivity contribution in [2.24, 2.45) is 5.73 Å². The Balaban J connectivity index is 2.19. The molecular weight excluding hydrogens is 280 g/mol. The fraction of sp³-hybridized carbons (Fsp3) is 0.154. The third-order valence-electron chi connectivity index (χ3n) is 2.64. The summed E-state index contributed by atoms with van der Waals surface area (Å²) < 4.78 is 0. The lowest BCUT2D eigenvalue weighted by Gasteiger charge is -2.19. The Morgan fingerprint density at radius 3 is 2.95 bits per heavy atom. The minimum absolute atomic E-state index is 0.393. The number of benzene rings is 1. The SMILES string of the molecule is CN(Cc1cccc(C(N)=S)c1)c1ncncc1Cl. The van der Waals surface area contributed by atoms with E-state index < -0.39 is 0 Å².